The van der Waals surface area contributed by atoms with E-state index in [1.165, 1.54) is 32.2 Å². The van der Waals surface area contributed by atoms with Crippen molar-refractivity contribution in [3.8, 4) is 0 Å². The average Bonchev–Trinajstić information content (AvgIpc) is 2.27. The van der Waals surface area contributed by atoms with E-state index in [9.17, 15) is 13.2 Å². The Labute approximate surface area is 92.2 Å². The van der Waals surface area contributed by atoms with Gasteiger partial charge in [-0.05, 0) is 18.6 Å². The van der Waals surface area contributed by atoms with Crippen molar-refractivity contribution in [3.05, 3.63) is 35.4 Å². The van der Waals surface area contributed by atoms with Crippen molar-refractivity contribution < 1.29 is 17.9 Å². The molecule has 0 bridgehead atoms. The molecule has 1 atom stereocenters. The zero-order chi connectivity index (χ0) is 12.4. The minimum Gasteiger partial charge on any atom is -0.372 e. The number of nitrogens with two attached hydrogens (primary N) is 1. The summed E-state index contributed by atoms with van der Waals surface area (Å²) in [6.07, 6.45) is -4.40. The van der Waals surface area contributed by atoms with E-state index in [4.69, 9.17) is 10.5 Å². The lowest BCUT2D eigenvalue weighted by Crippen LogP contribution is -2.35. The molecule has 0 spiro atoms. The Morgan fingerprint density at radius 3 is 2.06 bits per heavy atom. The second-order valence-electron chi connectivity index (χ2n) is 3.68. The van der Waals surface area contributed by atoms with Gasteiger partial charge in [0, 0.05) is 13.7 Å². The third kappa shape index (κ3) is 2.36. The molecule has 0 aliphatic heterocycles. The maximum atomic E-state index is 12.8. The van der Waals surface area contributed by atoms with Crippen LogP contribution in [0.15, 0.2) is 24.3 Å². The van der Waals surface area contributed by atoms with E-state index in [2.05, 4.69) is 0 Å². The van der Waals surface area contributed by atoms with E-state index in [0.29, 0.717) is 0 Å². The summed E-state index contributed by atoms with van der Waals surface area (Å²) in [6, 6.07) is 5.30. The summed E-state index contributed by atoms with van der Waals surface area (Å²) in [5, 5.41) is 0. The second kappa shape index (κ2) is 4.43. The summed E-state index contributed by atoms with van der Waals surface area (Å²) in [4.78, 5) is 0. The van der Waals surface area contributed by atoms with Gasteiger partial charge in [-0.25, -0.2) is 0 Å². The molecule has 2 N–H and O–H groups in total. The van der Waals surface area contributed by atoms with Crippen molar-refractivity contribution in [2.75, 3.05) is 13.7 Å². The summed E-state index contributed by atoms with van der Waals surface area (Å²) in [7, 11) is 1.35. The molecule has 0 aliphatic carbocycles. The number of rotatable bonds is 3. The number of alkyl halides is 3. The molecule has 0 aromatic heterocycles. The topological polar surface area (TPSA) is 35.2 Å². The Hall–Kier alpha value is -1.07. The first-order valence-electron chi connectivity index (χ1n) is 4.77. The van der Waals surface area contributed by atoms with E-state index in [1.807, 2.05) is 0 Å². The maximum absolute atomic E-state index is 12.8. The molecular weight excluding hydrogens is 219 g/mol. The number of benzene rings is 1. The molecule has 1 aromatic rings. The molecule has 0 aliphatic rings. The predicted octanol–water partition coefficient (Wildman–Crippen LogP) is 2.53. The van der Waals surface area contributed by atoms with Crippen LogP contribution >= 0.6 is 0 Å². The molecule has 1 rings (SSSR count). The van der Waals surface area contributed by atoms with Gasteiger partial charge >= 0.3 is 6.18 Å². The standard InChI is InChI=1S/C11H14F3NO/c1-10(7-15,16-2)8-5-3-4-6-9(8)11(12,13)14/h3-6H,7,15H2,1-2H3. The van der Waals surface area contributed by atoms with Crippen LogP contribution in [0.4, 0.5) is 13.2 Å². The molecule has 5 heteroatoms. The zero-order valence-electron chi connectivity index (χ0n) is 9.14. The number of methoxy groups -OCH3 is 1. The summed E-state index contributed by atoms with van der Waals surface area (Å²) >= 11 is 0. The van der Waals surface area contributed by atoms with Gasteiger partial charge in [-0.2, -0.15) is 13.2 Å². The van der Waals surface area contributed by atoms with Crippen LogP contribution in [0.2, 0.25) is 0 Å². The first-order valence-corrected chi connectivity index (χ1v) is 4.77. The van der Waals surface area contributed by atoms with Crippen molar-refractivity contribution in [1.29, 1.82) is 0 Å². The minimum atomic E-state index is -4.40. The van der Waals surface area contributed by atoms with Crippen molar-refractivity contribution in [3.63, 3.8) is 0 Å². The minimum absolute atomic E-state index is 0.0173. The SMILES string of the molecule is COC(C)(CN)c1ccccc1C(F)(F)F. The van der Waals surface area contributed by atoms with Crippen LogP contribution in [0.3, 0.4) is 0 Å². The molecular formula is C11H14F3NO. The molecule has 0 saturated heterocycles. The van der Waals surface area contributed by atoms with Crippen molar-refractivity contribution in [2.24, 2.45) is 5.73 Å². The fourth-order valence-corrected chi connectivity index (χ4v) is 1.49. The van der Waals surface area contributed by atoms with Crippen LogP contribution in [0.5, 0.6) is 0 Å². The lowest BCUT2D eigenvalue weighted by Gasteiger charge is -2.29. The molecule has 0 radical (unpaired) electrons. The number of halogens is 3. The monoisotopic (exact) mass is 233 g/mol. The average molecular weight is 233 g/mol. The molecule has 0 saturated carbocycles. The first-order chi connectivity index (χ1) is 7.35. The van der Waals surface area contributed by atoms with Crippen LogP contribution in [0.1, 0.15) is 18.1 Å². The summed E-state index contributed by atoms with van der Waals surface area (Å²) in [5.41, 5.74) is 3.71. The lowest BCUT2D eigenvalue weighted by atomic mass is 9.91. The van der Waals surface area contributed by atoms with Crippen LogP contribution in [-0.2, 0) is 16.5 Å². The Bertz CT molecular complexity index is 358. The predicted molar refractivity (Wildman–Crippen MR) is 54.9 cm³/mol. The van der Waals surface area contributed by atoms with Crippen molar-refractivity contribution in [1.82, 2.24) is 0 Å². The first kappa shape index (κ1) is 13.0. The van der Waals surface area contributed by atoms with Gasteiger partial charge in [-0.15, -0.1) is 0 Å². The van der Waals surface area contributed by atoms with Gasteiger partial charge in [-0.3, -0.25) is 0 Å². The zero-order valence-corrected chi connectivity index (χ0v) is 9.14. The Morgan fingerprint density at radius 1 is 1.19 bits per heavy atom. The highest BCUT2D eigenvalue weighted by atomic mass is 19.4. The second-order valence-corrected chi connectivity index (χ2v) is 3.68. The highest BCUT2D eigenvalue weighted by molar-refractivity contribution is 5.34. The van der Waals surface area contributed by atoms with Gasteiger partial charge in [-0.1, -0.05) is 18.2 Å². The van der Waals surface area contributed by atoms with Crippen LogP contribution in [-0.4, -0.2) is 13.7 Å². The quantitative estimate of drug-likeness (QED) is 0.870. The van der Waals surface area contributed by atoms with E-state index >= 15 is 0 Å². The van der Waals surface area contributed by atoms with Crippen molar-refractivity contribution >= 4 is 0 Å². The lowest BCUT2D eigenvalue weighted by molar-refractivity contribution is -0.140. The Kier molecular flexibility index (Phi) is 3.60. The molecule has 0 fully saturated rings. The third-order valence-corrected chi connectivity index (χ3v) is 2.64. The number of hydrogen-bond acceptors (Lipinski definition) is 2. The van der Waals surface area contributed by atoms with E-state index < -0.39 is 17.3 Å². The summed E-state index contributed by atoms with van der Waals surface area (Å²) < 4.78 is 43.3. The molecule has 2 nitrogen and oxygen atoms in total. The maximum Gasteiger partial charge on any atom is 0.416 e. The molecule has 1 unspecified atom stereocenters. The fourth-order valence-electron chi connectivity index (χ4n) is 1.49. The van der Waals surface area contributed by atoms with Gasteiger partial charge in [0.15, 0.2) is 0 Å². The largest absolute Gasteiger partial charge is 0.416 e. The molecule has 1 aromatic carbocycles. The normalized spacial score (nSPS) is 15.9. The van der Waals surface area contributed by atoms with Crippen molar-refractivity contribution in [2.45, 2.75) is 18.7 Å². The molecule has 0 heterocycles. The Balaban J connectivity index is 3.34. The smallest absolute Gasteiger partial charge is 0.372 e. The number of ether oxygens (including phenoxy) is 1. The van der Waals surface area contributed by atoms with Gasteiger partial charge in [0.25, 0.3) is 0 Å². The van der Waals surface area contributed by atoms with Crippen LogP contribution < -0.4 is 5.73 Å². The van der Waals surface area contributed by atoms with Crippen LogP contribution in [0, 0.1) is 0 Å². The van der Waals surface area contributed by atoms with E-state index in [0.717, 1.165) is 6.07 Å². The van der Waals surface area contributed by atoms with Crippen LogP contribution in [0.25, 0.3) is 0 Å². The third-order valence-electron chi connectivity index (χ3n) is 2.64. The van der Waals surface area contributed by atoms with Gasteiger partial charge in [0.2, 0.25) is 0 Å². The highest BCUT2D eigenvalue weighted by Gasteiger charge is 2.38. The van der Waals surface area contributed by atoms with E-state index in [1.54, 1.807) is 0 Å². The molecule has 0 amide bonds. The summed E-state index contributed by atoms with van der Waals surface area (Å²) in [5.74, 6) is 0. The fraction of sp³-hybridized carbons (Fsp3) is 0.455. The highest BCUT2D eigenvalue weighted by Crippen LogP contribution is 2.37. The van der Waals surface area contributed by atoms with Gasteiger partial charge in [0.1, 0.15) is 5.60 Å². The van der Waals surface area contributed by atoms with E-state index in [-0.39, 0.29) is 12.1 Å². The molecule has 16 heavy (non-hydrogen) atoms. The molecule has 90 valence electrons. The van der Waals surface area contributed by atoms with Gasteiger partial charge in [0.05, 0.1) is 5.56 Å². The van der Waals surface area contributed by atoms with Gasteiger partial charge < -0.3 is 10.5 Å². The number of hydrogen-bond donors (Lipinski definition) is 1. The summed E-state index contributed by atoms with van der Waals surface area (Å²) in [6.45, 7) is 1.52. The Morgan fingerprint density at radius 2 is 1.69 bits per heavy atom.